The molecule has 0 aliphatic carbocycles. The Balaban J connectivity index is 1.97. The second-order valence-corrected chi connectivity index (χ2v) is 4.19. The van der Waals surface area contributed by atoms with Crippen LogP contribution in [0.3, 0.4) is 0 Å². The Morgan fingerprint density at radius 2 is 1.89 bits per heavy atom. The van der Waals surface area contributed by atoms with Crippen molar-refractivity contribution in [2.75, 3.05) is 0 Å². The molecule has 0 bridgehead atoms. The zero-order valence-corrected chi connectivity index (χ0v) is 9.74. The Kier molecular flexibility index (Phi) is 2.54. The molecule has 0 amide bonds. The highest BCUT2D eigenvalue weighted by Gasteiger charge is 2.03. The number of fused-ring (bicyclic) bond motifs is 1. The molecule has 2 heterocycles. The van der Waals surface area contributed by atoms with Gasteiger partial charge in [-0.2, -0.15) is 5.26 Å². The predicted molar refractivity (Wildman–Crippen MR) is 69.2 cm³/mol. The van der Waals surface area contributed by atoms with Crippen LogP contribution in [0.15, 0.2) is 54.9 Å². The Hall–Kier alpha value is -2.60. The van der Waals surface area contributed by atoms with Crippen molar-refractivity contribution < 1.29 is 0 Å². The van der Waals surface area contributed by atoms with Crippen molar-refractivity contribution in [2.45, 2.75) is 6.42 Å². The smallest absolute Gasteiger partial charge is 0.137 e. The van der Waals surface area contributed by atoms with Gasteiger partial charge in [-0.05, 0) is 17.7 Å². The molecule has 0 atom stereocenters. The van der Waals surface area contributed by atoms with Crippen molar-refractivity contribution in [3.63, 3.8) is 0 Å². The first-order valence-corrected chi connectivity index (χ1v) is 5.77. The molecular formula is C15H11N3. The first kappa shape index (κ1) is 10.5. The normalized spacial score (nSPS) is 10.4. The highest BCUT2D eigenvalue weighted by atomic mass is 15.0. The average Bonchev–Trinajstić information content (AvgIpc) is 2.80. The van der Waals surface area contributed by atoms with Gasteiger partial charge in [-0.1, -0.05) is 30.3 Å². The number of nitrogens with zero attached hydrogens (tertiary/aromatic N) is 3. The van der Waals surface area contributed by atoms with Crippen molar-refractivity contribution in [2.24, 2.45) is 0 Å². The lowest BCUT2D eigenvalue weighted by atomic mass is 10.1. The molecule has 3 aromatic rings. The number of nitriles is 1. The van der Waals surface area contributed by atoms with E-state index in [4.69, 9.17) is 5.26 Å². The molecule has 0 spiro atoms. The number of aromatic nitrogens is 2. The third-order valence-corrected chi connectivity index (χ3v) is 2.86. The molecule has 0 radical (unpaired) electrons. The second-order valence-electron chi connectivity index (χ2n) is 4.19. The third-order valence-electron chi connectivity index (χ3n) is 2.86. The van der Waals surface area contributed by atoms with Crippen molar-refractivity contribution >= 4 is 5.65 Å². The molecule has 3 rings (SSSR count). The van der Waals surface area contributed by atoms with Crippen molar-refractivity contribution in [3.8, 4) is 6.07 Å². The predicted octanol–water partition coefficient (Wildman–Crippen LogP) is 2.80. The summed E-state index contributed by atoms with van der Waals surface area (Å²) >= 11 is 0. The largest absolute Gasteiger partial charge is 0.305 e. The molecule has 18 heavy (non-hydrogen) atoms. The van der Waals surface area contributed by atoms with Crippen LogP contribution in [-0.2, 0) is 6.42 Å². The number of pyridine rings is 1. The SMILES string of the molecule is N#Cc1ccc2nc(Cc3ccccc3)cn2c1. The van der Waals surface area contributed by atoms with E-state index in [1.54, 1.807) is 12.3 Å². The highest BCUT2D eigenvalue weighted by molar-refractivity contribution is 5.44. The minimum absolute atomic E-state index is 0.645. The Morgan fingerprint density at radius 1 is 1.06 bits per heavy atom. The van der Waals surface area contributed by atoms with Crippen LogP contribution in [0.5, 0.6) is 0 Å². The first-order chi connectivity index (χ1) is 8.85. The summed E-state index contributed by atoms with van der Waals surface area (Å²) in [5.74, 6) is 0. The molecule has 0 fully saturated rings. The summed E-state index contributed by atoms with van der Waals surface area (Å²) in [7, 11) is 0. The van der Waals surface area contributed by atoms with Gasteiger partial charge in [0.05, 0.1) is 11.3 Å². The summed E-state index contributed by atoms with van der Waals surface area (Å²) < 4.78 is 1.90. The van der Waals surface area contributed by atoms with Gasteiger partial charge in [0.25, 0.3) is 0 Å². The number of hydrogen-bond donors (Lipinski definition) is 0. The lowest BCUT2D eigenvalue weighted by molar-refractivity contribution is 1.11. The fourth-order valence-electron chi connectivity index (χ4n) is 2.00. The van der Waals surface area contributed by atoms with E-state index >= 15 is 0 Å². The minimum Gasteiger partial charge on any atom is -0.305 e. The molecule has 0 unspecified atom stereocenters. The molecule has 1 aromatic carbocycles. The number of hydrogen-bond acceptors (Lipinski definition) is 2. The van der Waals surface area contributed by atoms with Gasteiger partial charge < -0.3 is 4.40 Å². The van der Waals surface area contributed by atoms with Gasteiger partial charge >= 0.3 is 0 Å². The molecule has 86 valence electrons. The maximum absolute atomic E-state index is 8.86. The van der Waals surface area contributed by atoms with Crippen LogP contribution in [0.2, 0.25) is 0 Å². The summed E-state index contributed by atoms with van der Waals surface area (Å²) in [6, 6.07) is 16.0. The van der Waals surface area contributed by atoms with Gasteiger partial charge in [0, 0.05) is 18.8 Å². The maximum atomic E-state index is 8.86. The standard InChI is InChI=1S/C15H11N3/c16-9-13-6-7-15-17-14(11-18(15)10-13)8-12-4-2-1-3-5-12/h1-7,10-11H,8H2. The summed E-state index contributed by atoms with van der Waals surface area (Å²) in [5, 5.41) is 8.86. The zero-order valence-electron chi connectivity index (χ0n) is 9.74. The van der Waals surface area contributed by atoms with E-state index in [0.29, 0.717) is 5.56 Å². The molecule has 2 aromatic heterocycles. The van der Waals surface area contributed by atoms with Gasteiger partial charge in [-0.3, -0.25) is 0 Å². The third kappa shape index (κ3) is 1.96. The van der Waals surface area contributed by atoms with Crippen LogP contribution >= 0.6 is 0 Å². The van der Waals surface area contributed by atoms with Crippen LogP contribution in [0.4, 0.5) is 0 Å². The number of imidazole rings is 1. The van der Waals surface area contributed by atoms with E-state index in [0.717, 1.165) is 17.8 Å². The van der Waals surface area contributed by atoms with Crippen LogP contribution in [0, 0.1) is 11.3 Å². The maximum Gasteiger partial charge on any atom is 0.137 e. The fourth-order valence-corrected chi connectivity index (χ4v) is 2.00. The van der Waals surface area contributed by atoms with E-state index in [1.807, 2.05) is 34.9 Å². The molecule has 3 heteroatoms. The quantitative estimate of drug-likeness (QED) is 0.683. The minimum atomic E-state index is 0.645. The summed E-state index contributed by atoms with van der Waals surface area (Å²) in [6.45, 7) is 0. The van der Waals surface area contributed by atoms with Gasteiger partial charge in [-0.25, -0.2) is 4.98 Å². The number of benzene rings is 1. The molecule has 0 N–H and O–H groups in total. The molecular weight excluding hydrogens is 222 g/mol. The van der Waals surface area contributed by atoms with Crippen molar-refractivity contribution in [3.05, 3.63) is 71.7 Å². The zero-order chi connectivity index (χ0) is 12.4. The van der Waals surface area contributed by atoms with Crippen LogP contribution < -0.4 is 0 Å². The first-order valence-electron chi connectivity index (χ1n) is 5.77. The summed E-state index contributed by atoms with van der Waals surface area (Å²) in [5.41, 5.74) is 3.77. The van der Waals surface area contributed by atoms with E-state index < -0.39 is 0 Å². The Labute approximate surface area is 105 Å². The summed E-state index contributed by atoms with van der Waals surface area (Å²) in [6.07, 6.45) is 4.59. The van der Waals surface area contributed by atoms with Crippen molar-refractivity contribution in [1.29, 1.82) is 5.26 Å². The van der Waals surface area contributed by atoms with E-state index in [1.165, 1.54) is 5.56 Å². The van der Waals surface area contributed by atoms with Crippen molar-refractivity contribution in [1.82, 2.24) is 9.38 Å². The van der Waals surface area contributed by atoms with Gasteiger partial charge in [-0.15, -0.1) is 0 Å². The van der Waals surface area contributed by atoms with Gasteiger partial charge in [0.1, 0.15) is 11.7 Å². The van der Waals surface area contributed by atoms with Gasteiger partial charge in [0.2, 0.25) is 0 Å². The van der Waals surface area contributed by atoms with E-state index in [-0.39, 0.29) is 0 Å². The fraction of sp³-hybridized carbons (Fsp3) is 0.0667. The summed E-state index contributed by atoms with van der Waals surface area (Å²) in [4.78, 5) is 4.54. The van der Waals surface area contributed by atoms with Crippen LogP contribution in [-0.4, -0.2) is 9.38 Å². The molecule has 0 aliphatic rings. The Morgan fingerprint density at radius 3 is 2.67 bits per heavy atom. The average molecular weight is 233 g/mol. The Bertz CT molecular complexity index is 720. The molecule has 0 aliphatic heterocycles. The lowest BCUT2D eigenvalue weighted by Crippen LogP contribution is -1.86. The molecule has 0 saturated carbocycles. The topological polar surface area (TPSA) is 41.1 Å². The van der Waals surface area contributed by atoms with E-state index in [9.17, 15) is 0 Å². The second kappa shape index (κ2) is 4.34. The lowest BCUT2D eigenvalue weighted by Gasteiger charge is -1.95. The van der Waals surface area contributed by atoms with E-state index in [2.05, 4.69) is 23.2 Å². The molecule has 3 nitrogen and oxygen atoms in total. The number of rotatable bonds is 2. The van der Waals surface area contributed by atoms with Crippen LogP contribution in [0.25, 0.3) is 5.65 Å². The van der Waals surface area contributed by atoms with Gasteiger partial charge in [0.15, 0.2) is 0 Å². The van der Waals surface area contributed by atoms with Crippen LogP contribution in [0.1, 0.15) is 16.8 Å². The monoisotopic (exact) mass is 233 g/mol. The molecule has 0 saturated heterocycles. The highest BCUT2D eigenvalue weighted by Crippen LogP contribution is 2.11.